The van der Waals surface area contributed by atoms with Gasteiger partial charge in [0.15, 0.2) is 0 Å². The molecule has 0 saturated carbocycles. The number of carbonyl (C=O) groups excluding carboxylic acids is 1. The van der Waals surface area contributed by atoms with Crippen LogP contribution < -0.4 is 0 Å². The molecule has 1 saturated heterocycles. The quantitative estimate of drug-likeness (QED) is 0.435. The molecule has 0 aromatic rings. The van der Waals surface area contributed by atoms with Crippen LogP contribution in [0.1, 0.15) is 58.3 Å². The summed E-state index contributed by atoms with van der Waals surface area (Å²) in [6.45, 7) is 3.54. The summed E-state index contributed by atoms with van der Waals surface area (Å²) in [4.78, 5) is 12.8. The zero-order chi connectivity index (χ0) is 12.5. The molecule has 0 radical (unpaired) electrons. The Hall–Kier alpha value is -0.570. The highest BCUT2D eigenvalue weighted by Crippen LogP contribution is 2.18. The van der Waals surface area contributed by atoms with Crippen LogP contribution in [0.4, 0.5) is 0 Å². The average molecular weight is 241 g/mol. The topological polar surface area (TPSA) is 32.8 Å². The van der Waals surface area contributed by atoms with Gasteiger partial charge in [-0.25, -0.2) is 0 Å². The van der Waals surface area contributed by atoms with E-state index in [4.69, 9.17) is 4.74 Å². The van der Waals surface area contributed by atoms with Crippen molar-refractivity contribution in [2.45, 2.75) is 64.4 Å². The Labute approximate surface area is 106 Å². The van der Waals surface area contributed by atoms with Gasteiger partial charge >= 0.3 is 0 Å². The maximum atomic E-state index is 11.0. The minimum atomic E-state index is 0.173. The van der Waals surface area contributed by atoms with Crippen molar-refractivity contribution in [2.24, 2.45) is 0 Å². The largest absolute Gasteiger partial charge is 0.373 e. The van der Waals surface area contributed by atoms with Gasteiger partial charge in [-0.15, -0.1) is 0 Å². The number of rotatable bonds is 10. The van der Waals surface area contributed by atoms with Crippen LogP contribution >= 0.6 is 0 Å². The van der Waals surface area contributed by atoms with E-state index in [0.717, 1.165) is 19.6 Å². The van der Waals surface area contributed by atoms with Crippen molar-refractivity contribution in [3.8, 4) is 0 Å². The SMILES string of the molecule is CC(=O)N(C)CCCCCCCCCC1CO1. The van der Waals surface area contributed by atoms with Gasteiger partial charge in [-0.1, -0.05) is 38.5 Å². The molecule has 0 aromatic carbocycles. The highest BCUT2D eigenvalue weighted by Gasteiger charge is 2.20. The van der Waals surface area contributed by atoms with Gasteiger partial charge in [0.1, 0.15) is 0 Å². The third-order valence-corrected chi connectivity index (χ3v) is 3.46. The van der Waals surface area contributed by atoms with Gasteiger partial charge in [0, 0.05) is 20.5 Å². The van der Waals surface area contributed by atoms with E-state index in [-0.39, 0.29) is 5.91 Å². The highest BCUT2D eigenvalue weighted by molar-refractivity contribution is 5.72. The molecule has 1 heterocycles. The Bertz CT molecular complexity index is 214. The molecule has 1 fully saturated rings. The molecule has 1 atom stereocenters. The maximum absolute atomic E-state index is 11.0. The molecule has 17 heavy (non-hydrogen) atoms. The molecule has 1 rings (SSSR count). The second-order valence-electron chi connectivity index (χ2n) is 5.16. The second-order valence-corrected chi connectivity index (χ2v) is 5.16. The molecular weight excluding hydrogens is 214 g/mol. The van der Waals surface area contributed by atoms with E-state index in [1.54, 1.807) is 11.8 Å². The van der Waals surface area contributed by atoms with E-state index in [9.17, 15) is 4.79 Å². The monoisotopic (exact) mass is 241 g/mol. The van der Waals surface area contributed by atoms with Crippen LogP contribution in [0.3, 0.4) is 0 Å². The van der Waals surface area contributed by atoms with Gasteiger partial charge in [-0.3, -0.25) is 4.79 Å². The van der Waals surface area contributed by atoms with Crippen LogP contribution in [-0.2, 0) is 9.53 Å². The third-order valence-electron chi connectivity index (χ3n) is 3.46. The molecule has 1 aliphatic heterocycles. The van der Waals surface area contributed by atoms with E-state index in [0.29, 0.717) is 6.10 Å². The number of hydrogen-bond donors (Lipinski definition) is 0. The van der Waals surface area contributed by atoms with Crippen molar-refractivity contribution in [3.63, 3.8) is 0 Å². The predicted molar refractivity (Wildman–Crippen MR) is 70.0 cm³/mol. The number of carbonyl (C=O) groups is 1. The van der Waals surface area contributed by atoms with Crippen molar-refractivity contribution in [1.82, 2.24) is 4.90 Å². The number of hydrogen-bond acceptors (Lipinski definition) is 2. The summed E-state index contributed by atoms with van der Waals surface area (Å²) in [5.41, 5.74) is 0. The molecule has 1 unspecified atom stereocenters. The van der Waals surface area contributed by atoms with Crippen LogP contribution in [0, 0.1) is 0 Å². The van der Waals surface area contributed by atoms with Gasteiger partial charge in [-0.05, 0) is 12.8 Å². The van der Waals surface area contributed by atoms with Crippen molar-refractivity contribution in [2.75, 3.05) is 20.2 Å². The average Bonchev–Trinajstić information content (AvgIpc) is 3.10. The van der Waals surface area contributed by atoms with Crippen LogP contribution in [0.2, 0.25) is 0 Å². The van der Waals surface area contributed by atoms with Crippen molar-refractivity contribution >= 4 is 5.91 Å². The van der Waals surface area contributed by atoms with E-state index in [1.807, 2.05) is 7.05 Å². The Morgan fingerprint density at radius 3 is 2.18 bits per heavy atom. The number of ether oxygens (including phenoxy) is 1. The molecule has 0 aromatic heterocycles. The maximum Gasteiger partial charge on any atom is 0.219 e. The number of nitrogens with zero attached hydrogens (tertiary/aromatic N) is 1. The summed E-state index contributed by atoms with van der Waals surface area (Å²) in [5, 5.41) is 0. The zero-order valence-corrected chi connectivity index (χ0v) is 11.4. The Morgan fingerprint density at radius 1 is 1.12 bits per heavy atom. The molecule has 0 aliphatic carbocycles. The van der Waals surface area contributed by atoms with Crippen LogP contribution in [-0.4, -0.2) is 37.1 Å². The molecule has 1 aliphatic rings. The summed E-state index contributed by atoms with van der Waals surface area (Å²) in [6.07, 6.45) is 11.0. The van der Waals surface area contributed by atoms with Crippen molar-refractivity contribution < 1.29 is 9.53 Å². The first kappa shape index (κ1) is 14.5. The normalized spacial score (nSPS) is 18.1. The Morgan fingerprint density at radius 2 is 1.65 bits per heavy atom. The van der Waals surface area contributed by atoms with E-state index in [2.05, 4.69) is 0 Å². The lowest BCUT2D eigenvalue weighted by atomic mass is 10.1. The fraction of sp³-hybridized carbons (Fsp3) is 0.929. The first-order valence-electron chi connectivity index (χ1n) is 7.03. The van der Waals surface area contributed by atoms with Gasteiger partial charge in [0.25, 0.3) is 0 Å². The summed E-state index contributed by atoms with van der Waals surface area (Å²) < 4.78 is 5.18. The summed E-state index contributed by atoms with van der Waals surface area (Å²) >= 11 is 0. The van der Waals surface area contributed by atoms with Crippen molar-refractivity contribution in [3.05, 3.63) is 0 Å². The molecule has 0 N–H and O–H groups in total. The van der Waals surface area contributed by atoms with Crippen molar-refractivity contribution in [1.29, 1.82) is 0 Å². The van der Waals surface area contributed by atoms with E-state index < -0.39 is 0 Å². The molecular formula is C14H27NO2. The smallest absolute Gasteiger partial charge is 0.219 e. The number of unbranched alkanes of at least 4 members (excludes halogenated alkanes) is 6. The fourth-order valence-corrected chi connectivity index (χ4v) is 2.00. The molecule has 3 nitrogen and oxygen atoms in total. The second kappa shape index (κ2) is 8.51. The van der Waals surface area contributed by atoms with Gasteiger partial charge < -0.3 is 9.64 Å². The first-order valence-corrected chi connectivity index (χ1v) is 7.03. The summed E-state index contributed by atoms with van der Waals surface area (Å²) in [6, 6.07) is 0. The Kier molecular flexibility index (Phi) is 7.25. The van der Waals surface area contributed by atoms with E-state index >= 15 is 0 Å². The molecule has 100 valence electrons. The summed E-state index contributed by atoms with van der Waals surface area (Å²) in [5.74, 6) is 0.173. The van der Waals surface area contributed by atoms with Crippen LogP contribution in [0.5, 0.6) is 0 Å². The minimum absolute atomic E-state index is 0.173. The van der Waals surface area contributed by atoms with E-state index in [1.165, 1.54) is 44.9 Å². The highest BCUT2D eigenvalue weighted by atomic mass is 16.6. The lowest BCUT2D eigenvalue weighted by Crippen LogP contribution is -2.24. The lowest BCUT2D eigenvalue weighted by Gasteiger charge is -2.13. The van der Waals surface area contributed by atoms with Crippen LogP contribution in [0.15, 0.2) is 0 Å². The zero-order valence-electron chi connectivity index (χ0n) is 11.4. The minimum Gasteiger partial charge on any atom is -0.373 e. The Balaban J connectivity index is 1.73. The fourth-order valence-electron chi connectivity index (χ4n) is 2.00. The van der Waals surface area contributed by atoms with Crippen LogP contribution in [0.25, 0.3) is 0 Å². The molecule has 1 amide bonds. The van der Waals surface area contributed by atoms with Gasteiger partial charge in [0.05, 0.1) is 12.7 Å². The van der Waals surface area contributed by atoms with Gasteiger partial charge in [0.2, 0.25) is 5.91 Å². The standard InChI is InChI=1S/C14H27NO2/c1-13(16)15(2)11-9-7-5-3-4-6-8-10-14-12-17-14/h14H,3-12H2,1-2H3. The van der Waals surface area contributed by atoms with Gasteiger partial charge in [-0.2, -0.15) is 0 Å². The predicted octanol–water partition coefficient (Wildman–Crippen LogP) is 2.98. The lowest BCUT2D eigenvalue weighted by molar-refractivity contribution is -0.127. The molecule has 3 heteroatoms. The molecule has 0 spiro atoms. The third kappa shape index (κ3) is 8.19. The first-order chi connectivity index (χ1) is 8.20. The summed E-state index contributed by atoms with van der Waals surface area (Å²) in [7, 11) is 1.88. The number of amides is 1. The molecule has 0 bridgehead atoms. The number of epoxide rings is 1.